The van der Waals surface area contributed by atoms with Crippen LogP contribution in [0.2, 0.25) is 0 Å². The largest absolute Gasteiger partial charge is 0.338 e. The number of hydrogen-bond donors (Lipinski definition) is 2. The second kappa shape index (κ2) is 7.83. The Morgan fingerprint density at radius 2 is 2.08 bits per heavy atom. The molecule has 0 aliphatic heterocycles. The summed E-state index contributed by atoms with van der Waals surface area (Å²) in [4.78, 5) is 30.7. The van der Waals surface area contributed by atoms with Crippen LogP contribution in [-0.4, -0.2) is 37.2 Å². The maximum Gasteiger partial charge on any atom is 0.319 e. The van der Waals surface area contributed by atoms with Crippen LogP contribution in [0.1, 0.15) is 5.56 Å². The molecule has 132 valence electrons. The van der Waals surface area contributed by atoms with Crippen LogP contribution in [0.4, 0.5) is 16.2 Å². The zero-order valence-corrected chi connectivity index (χ0v) is 13.6. The van der Waals surface area contributed by atoms with E-state index in [1.807, 2.05) is 0 Å². The second-order valence-corrected chi connectivity index (χ2v) is 5.23. The average molecular weight is 353 g/mol. The standard InChI is InChI=1S/C16H15N7O3/c24-16(19-9-7-12-4-1-2-6-14(12)23(25)26)21-13-5-3-8-18-15(13)22-11-17-10-20-22/h1-6,8,10-11H,7,9H2,(H2,19,21,24). The molecule has 3 aromatic rings. The van der Waals surface area contributed by atoms with Crippen LogP contribution in [0.25, 0.3) is 5.82 Å². The number of amides is 2. The van der Waals surface area contributed by atoms with Gasteiger partial charge in [0.05, 0.1) is 10.6 Å². The Labute approximate surface area is 148 Å². The van der Waals surface area contributed by atoms with Crippen molar-refractivity contribution in [2.24, 2.45) is 0 Å². The molecule has 26 heavy (non-hydrogen) atoms. The van der Waals surface area contributed by atoms with Gasteiger partial charge in [-0.2, -0.15) is 5.10 Å². The molecule has 2 aromatic heterocycles. The molecule has 0 saturated heterocycles. The van der Waals surface area contributed by atoms with E-state index in [1.165, 1.54) is 23.4 Å². The molecular formula is C16H15N7O3. The number of hydrogen-bond acceptors (Lipinski definition) is 6. The first-order valence-electron chi connectivity index (χ1n) is 7.72. The van der Waals surface area contributed by atoms with Crippen molar-refractivity contribution < 1.29 is 9.72 Å². The molecule has 10 heteroatoms. The van der Waals surface area contributed by atoms with E-state index in [-0.39, 0.29) is 12.2 Å². The van der Waals surface area contributed by atoms with E-state index >= 15 is 0 Å². The summed E-state index contributed by atoms with van der Waals surface area (Å²) in [6.45, 7) is 0.246. The van der Waals surface area contributed by atoms with E-state index in [9.17, 15) is 14.9 Å². The van der Waals surface area contributed by atoms with Crippen molar-refractivity contribution in [2.75, 3.05) is 11.9 Å². The van der Waals surface area contributed by atoms with Crippen molar-refractivity contribution in [3.63, 3.8) is 0 Å². The molecule has 0 unspecified atom stereocenters. The predicted molar refractivity (Wildman–Crippen MR) is 93.0 cm³/mol. The minimum atomic E-state index is -0.446. The van der Waals surface area contributed by atoms with Crippen LogP contribution in [0.3, 0.4) is 0 Å². The fraction of sp³-hybridized carbons (Fsp3) is 0.125. The summed E-state index contributed by atoms with van der Waals surface area (Å²) in [5, 5.41) is 20.3. The van der Waals surface area contributed by atoms with Gasteiger partial charge in [0.15, 0.2) is 5.82 Å². The summed E-state index contributed by atoms with van der Waals surface area (Å²) in [6.07, 6.45) is 4.76. The Kier molecular flexibility index (Phi) is 5.13. The van der Waals surface area contributed by atoms with E-state index in [0.29, 0.717) is 23.5 Å². The summed E-state index contributed by atoms with van der Waals surface area (Å²) in [5.74, 6) is 0.429. The second-order valence-electron chi connectivity index (χ2n) is 5.23. The summed E-state index contributed by atoms with van der Waals surface area (Å²) < 4.78 is 1.43. The molecule has 2 heterocycles. The summed E-state index contributed by atoms with van der Waals surface area (Å²) in [6, 6.07) is 9.36. The van der Waals surface area contributed by atoms with E-state index in [4.69, 9.17) is 0 Å². The van der Waals surface area contributed by atoms with Gasteiger partial charge in [-0.25, -0.2) is 19.4 Å². The minimum Gasteiger partial charge on any atom is -0.338 e. The number of pyridine rings is 1. The number of aromatic nitrogens is 4. The first-order valence-corrected chi connectivity index (χ1v) is 7.72. The third-order valence-corrected chi connectivity index (χ3v) is 3.54. The van der Waals surface area contributed by atoms with Crippen molar-refractivity contribution in [1.29, 1.82) is 0 Å². The van der Waals surface area contributed by atoms with Crippen molar-refractivity contribution in [2.45, 2.75) is 6.42 Å². The molecule has 0 aliphatic rings. The Morgan fingerprint density at radius 3 is 2.85 bits per heavy atom. The smallest absolute Gasteiger partial charge is 0.319 e. The van der Waals surface area contributed by atoms with E-state index in [1.54, 1.807) is 36.5 Å². The number of nitrogens with one attached hydrogen (secondary N) is 2. The van der Waals surface area contributed by atoms with Crippen LogP contribution >= 0.6 is 0 Å². The number of para-hydroxylation sites is 1. The predicted octanol–water partition coefficient (Wildman–Crippen LogP) is 1.93. The summed E-state index contributed by atoms with van der Waals surface area (Å²) in [5.41, 5.74) is 1.05. The molecule has 0 radical (unpaired) electrons. The minimum absolute atomic E-state index is 0.0374. The van der Waals surface area contributed by atoms with Gasteiger partial charge < -0.3 is 10.6 Å². The number of nitro groups is 1. The molecular weight excluding hydrogens is 338 g/mol. The Morgan fingerprint density at radius 1 is 1.23 bits per heavy atom. The van der Waals surface area contributed by atoms with E-state index in [0.717, 1.165) is 0 Å². The Hall–Kier alpha value is -3.82. The fourth-order valence-electron chi connectivity index (χ4n) is 2.37. The lowest BCUT2D eigenvalue weighted by molar-refractivity contribution is -0.385. The zero-order valence-electron chi connectivity index (χ0n) is 13.6. The average Bonchev–Trinajstić information content (AvgIpc) is 3.17. The quantitative estimate of drug-likeness (QED) is 0.515. The van der Waals surface area contributed by atoms with Gasteiger partial charge >= 0.3 is 6.03 Å². The van der Waals surface area contributed by atoms with Gasteiger partial charge in [-0.3, -0.25) is 10.1 Å². The molecule has 10 nitrogen and oxygen atoms in total. The number of urea groups is 1. The summed E-state index contributed by atoms with van der Waals surface area (Å²) >= 11 is 0. The lowest BCUT2D eigenvalue weighted by Crippen LogP contribution is -2.31. The molecule has 3 rings (SSSR count). The molecule has 0 spiro atoms. The maximum atomic E-state index is 12.1. The Balaban J connectivity index is 1.60. The topological polar surface area (TPSA) is 128 Å². The van der Waals surface area contributed by atoms with Gasteiger partial charge in [-0.1, -0.05) is 18.2 Å². The molecule has 0 bridgehead atoms. The van der Waals surface area contributed by atoms with Crippen molar-refractivity contribution in [3.8, 4) is 5.82 Å². The molecule has 1 aromatic carbocycles. The number of nitrogens with zero attached hydrogens (tertiary/aromatic N) is 5. The van der Waals surface area contributed by atoms with Gasteiger partial charge in [0.2, 0.25) is 0 Å². The lowest BCUT2D eigenvalue weighted by atomic mass is 10.1. The normalized spacial score (nSPS) is 10.3. The monoisotopic (exact) mass is 353 g/mol. The highest BCUT2D eigenvalue weighted by atomic mass is 16.6. The molecule has 0 aliphatic carbocycles. The number of anilines is 1. The van der Waals surface area contributed by atoms with Gasteiger partial charge in [-0.05, 0) is 18.6 Å². The van der Waals surface area contributed by atoms with Crippen molar-refractivity contribution in [1.82, 2.24) is 25.1 Å². The number of benzene rings is 1. The lowest BCUT2D eigenvalue weighted by Gasteiger charge is -2.10. The van der Waals surface area contributed by atoms with Gasteiger partial charge in [0, 0.05) is 24.4 Å². The Bertz CT molecular complexity index is 912. The third-order valence-electron chi connectivity index (χ3n) is 3.54. The van der Waals surface area contributed by atoms with Crippen LogP contribution in [0.5, 0.6) is 0 Å². The number of rotatable bonds is 6. The van der Waals surface area contributed by atoms with Gasteiger partial charge in [-0.15, -0.1) is 0 Å². The van der Waals surface area contributed by atoms with Crippen molar-refractivity contribution in [3.05, 3.63) is 70.9 Å². The zero-order chi connectivity index (χ0) is 18.4. The maximum absolute atomic E-state index is 12.1. The molecule has 2 N–H and O–H groups in total. The van der Waals surface area contributed by atoms with Crippen LogP contribution in [0.15, 0.2) is 55.2 Å². The molecule has 2 amide bonds. The third kappa shape index (κ3) is 3.98. The van der Waals surface area contributed by atoms with Crippen LogP contribution < -0.4 is 10.6 Å². The highest BCUT2D eigenvalue weighted by Gasteiger charge is 2.13. The van der Waals surface area contributed by atoms with Crippen LogP contribution in [0, 0.1) is 10.1 Å². The van der Waals surface area contributed by atoms with Crippen LogP contribution in [-0.2, 0) is 6.42 Å². The number of nitro benzene ring substituents is 1. The first kappa shape index (κ1) is 17.0. The highest BCUT2D eigenvalue weighted by Crippen LogP contribution is 2.18. The first-order chi connectivity index (χ1) is 12.6. The van der Waals surface area contributed by atoms with E-state index in [2.05, 4.69) is 25.7 Å². The van der Waals surface area contributed by atoms with Crippen molar-refractivity contribution >= 4 is 17.4 Å². The fourth-order valence-corrected chi connectivity index (χ4v) is 2.37. The SMILES string of the molecule is O=C(NCCc1ccccc1[N+](=O)[O-])Nc1cccnc1-n1cncn1. The highest BCUT2D eigenvalue weighted by molar-refractivity contribution is 5.90. The van der Waals surface area contributed by atoms with Gasteiger partial charge in [0.1, 0.15) is 12.7 Å². The van der Waals surface area contributed by atoms with Gasteiger partial charge in [0.25, 0.3) is 5.69 Å². The molecule has 0 saturated carbocycles. The number of carbonyl (C=O) groups excluding carboxylic acids is 1. The summed E-state index contributed by atoms with van der Waals surface area (Å²) in [7, 11) is 0. The molecule has 0 atom stereocenters. The molecule has 0 fully saturated rings. The number of carbonyl (C=O) groups is 1. The van der Waals surface area contributed by atoms with E-state index < -0.39 is 11.0 Å².